The van der Waals surface area contributed by atoms with Gasteiger partial charge in [-0.1, -0.05) is 11.2 Å². The lowest BCUT2D eigenvalue weighted by molar-refractivity contribution is 0.592. The van der Waals surface area contributed by atoms with Crippen molar-refractivity contribution in [2.45, 2.75) is 19.4 Å². The zero-order valence-corrected chi connectivity index (χ0v) is 6.20. The molecule has 2 nitrogen and oxygen atoms in total. The van der Waals surface area contributed by atoms with Crippen LogP contribution in [0.25, 0.3) is 0 Å². The van der Waals surface area contributed by atoms with Crippen LogP contribution in [-0.2, 0) is 11.2 Å². The highest BCUT2D eigenvalue weighted by molar-refractivity contribution is 7.90. The summed E-state index contributed by atoms with van der Waals surface area (Å²) in [6.45, 7) is 1.92. The minimum absolute atomic E-state index is 0.193. The molecule has 0 aliphatic rings. The zero-order chi connectivity index (χ0) is 6.57. The topological polar surface area (TPSA) is 49.1 Å². The number of rotatable bonds is 3. The van der Waals surface area contributed by atoms with Gasteiger partial charge in [-0.3, -0.25) is 0 Å². The molecule has 0 aliphatic carbocycles. The van der Waals surface area contributed by atoms with Crippen LogP contribution in [0, 0.1) is 0 Å². The highest BCUT2D eigenvalue weighted by Gasteiger charge is 1.98. The maximum absolute atomic E-state index is 10.4. The smallest absolute Gasteiger partial charge is 0.106 e. The van der Waals surface area contributed by atoms with Crippen molar-refractivity contribution in [3.8, 4) is 0 Å². The third kappa shape index (κ3) is 6.27. The van der Waals surface area contributed by atoms with Gasteiger partial charge in [-0.05, 0) is 6.92 Å². The van der Waals surface area contributed by atoms with Gasteiger partial charge >= 0.3 is 0 Å². The van der Waals surface area contributed by atoms with Crippen LogP contribution in [0.3, 0.4) is 0 Å². The Morgan fingerprint density at radius 3 is 2.38 bits per heavy atom. The zero-order valence-electron chi connectivity index (χ0n) is 5.39. The molecule has 0 aromatic rings. The summed E-state index contributed by atoms with van der Waals surface area (Å²) in [5.41, 5.74) is 5.41. The molecule has 0 aromatic heterocycles. The van der Waals surface area contributed by atoms with Crippen molar-refractivity contribution in [2.75, 3.05) is 12.0 Å². The van der Waals surface area contributed by atoms with Gasteiger partial charge in [0.05, 0.1) is 6.26 Å². The second kappa shape index (κ2) is 4.18. The first-order valence-corrected chi connectivity index (χ1v) is 4.41. The van der Waals surface area contributed by atoms with Crippen molar-refractivity contribution in [3.05, 3.63) is 0 Å². The quantitative estimate of drug-likeness (QED) is 0.558. The fourth-order valence-corrected chi connectivity index (χ4v) is 1.06. The van der Waals surface area contributed by atoms with Crippen LogP contribution >= 0.6 is 0 Å². The standard InChI is InChI=1S/C5H13NOS/c1-5(6)3-4-8(2)7/h5H,3-4,6H2,1-2H3/t5-,8?/m1/s1. The summed E-state index contributed by atoms with van der Waals surface area (Å²) in [6, 6.07) is 0.193. The first-order chi connectivity index (χ1) is 3.63. The fourth-order valence-electron chi connectivity index (χ4n) is 0.352. The fraction of sp³-hybridized carbons (Fsp3) is 1.00. The van der Waals surface area contributed by atoms with E-state index in [0.29, 0.717) is 0 Å². The maximum atomic E-state index is 10.4. The highest BCUT2D eigenvalue weighted by atomic mass is 32.2. The largest absolute Gasteiger partial charge is 0.617 e. The lowest BCUT2D eigenvalue weighted by atomic mass is 10.3. The molecule has 0 amide bonds. The average Bonchev–Trinajstić information content (AvgIpc) is 1.61. The van der Waals surface area contributed by atoms with Crippen molar-refractivity contribution >= 4 is 11.2 Å². The Balaban J connectivity index is 2.93. The summed E-state index contributed by atoms with van der Waals surface area (Å²) < 4.78 is 10.4. The summed E-state index contributed by atoms with van der Waals surface area (Å²) in [6.07, 6.45) is 2.56. The van der Waals surface area contributed by atoms with Crippen LogP contribution in [0.2, 0.25) is 0 Å². The van der Waals surface area contributed by atoms with E-state index in [-0.39, 0.29) is 6.04 Å². The second-order valence-electron chi connectivity index (χ2n) is 2.04. The molecule has 0 spiro atoms. The first kappa shape index (κ1) is 8.27. The normalized spacial score (nSPS) is 18.0. The highest BCUT2D eigenvalue weighted by Crippen LogP contribution is 1.91. The maximum Gasteiger partial charge on any atom is 0.106 e. The minimum Gasteiger partial charge on any atom is -0.617 e. The van der Waals surface area contributed by atoms with Crippen molar-refractivity contribution in [1.29, 1.82) is 0 Å². The molecular weight excluding hydrogens is 122 g/mol. The molecule has 0 aromatic carbocycles. The van der Waals surface area contributed by atoms with Gasteiger partial charge in [0, 0.05) is 12.5 Å². The summed E-state index contributed by atoms with van der Waals surface area (Å²) in [5.74, 6) is 0.734. The Hall–Kier alpha value is 0.270. The van der Waals surface area contributed by atoms with Gasteiger partial charge in [-0.15, -0.1) is 0 Å². The molecule has 2 atom stereocenters. The van der Waals surface area contributed by atoms with Crippen LogP contribution in [0.1, 0.15) is 13.3 Å². The Morgan fingerprint density at radius 2 is 2.25 bits per heavy atom. The molecule has 0 saturated carbocycles. The van der Waals surface area contributed by atoms with E-state index < -0.39 is 11.2 Å². The molecule has 0 bridgehead atoms. The average molecular weight is 135 g/mol. The van der Waals surface area contributed by atoms with Crippen LogP contribution in [-0.4, -0.2) is 22.6 Å². The lowest BCUT2D eigenvalue weighted by Gasteiger charge is -2.05. The molecule has 1 unspecified atom stereocenters. The van der Waals surface area contributed by atoms with Crippen molar-refractivity contribution < 1.29 is 4.55 Å². The van der Waals surface area contributed by atoms with Gasteiger partial charge in [0.2, 0.25) is 0 Å². The number of nitrogens with two attached hydrogens (primary N) is 1. The van der Waals surface area contributed by atoms with Crippen LogP contribution in [0.4, 0.5) is 0 Å². The van der Waals surface area contributed by atoms with E-state index in [1.54, 1.807) is 6.26 Å². The Kier molecular flexibility index (Phi) is 4.32. The Morgan fingerprint density at radius 1 is 1.75 bits per heavy atom. The van der Waals surface area contributed by atoms with Gasteiger partial charge in [0.25, 0.3) is 0 Å². The van der Waals surface area contributed by atoms with E-state index in [0.717, 1.165) is 12.2 Å². The summed E-state index contributed by atoms with van der Waals surface area (Å²) in [5, 5.41) is 0. The molecule has 2 N–H and O–H groups in total. The predicted molar refractivity (Wildman–Crippen MR) is 37.2 cm³/mol. The molecule has 0 heterocycles. The Labute approximate surface area is 53.6 Å². The monoisotopic (exact) mass is 135 g/mol. The van der Waals surface area contributed by atoms with E-state index in [1.807, 2.05) is 6.92 Å². The van der Waals surface area contributed by atoms with Gasteiger partial charge in [0.1, 0.15) is 5.75 Å². The van der Waals surface area contributed by atoms with E-state index in [2.05, 4.69) is 0 Å². The van der Waals surface area contributed by atoms with Gasteiger partial charge < -0.3 is 10.3 Å². The molecule has 0 saturated heterocycles. The lowest BCUT2D eigenvalue weighted by Crippen LogP contribution is -2.19. The third-order valence-electron chi connectivity index (χ3n) is 0.861. The first-order valence-electron chi connectivity index (χ1n) is 2.68. The molecule has 0 fully saturated rings. The summed E-state index contributed by atoms with van der Waals surface area (Å²) in [4.78, 5) is 0. The molecule has 0 rings (SSSR count). The van der Waals surface area contributed by atoms with E-state index in [4.69, 9.17) is 5.73 Å². The van der Waals surface area contributed by atoms with E-state index in [1.165, 1.54) is 0 Å². The minimum atomic E-state index is -0.666. The molecule has 50 valence electrons. The van der Waals surface area contributed by atoms with Crippen LogP contribution in [0.15, 0.2) is 0 Å². The van der Waals surface area contributed by atoms with Gasteiger partial charge in [0.15, 0.2) is 0 Å². The number of hydrogen-bond donors (Lipinski definition) is 1. The van der Waals surface area contributed by atoms with Gasteiger partial charge in [-0.25, -0.2) is 0 Å². The molecular formula is C5H13NOS. The second-order valence-corrected chi connectivity index (χ2v) is 3.60. The summed E-state index contributed by atoms with van der Waals surface area (Å²) >= 11 is -0.666. The number of hydrogen-bond acceptors (Lipinski definition) is 2. The Bertz CT molecular complexity index is 48.4. The van der Waals surface area contributed by atoms with Gasteiger partial charge in [-0.2, -0.15) is 0 Å². The summed E-state index contributed by atoms with van der Waals surface area (Å²) in [7, 11) is 0. The van der Waals surface area contributed by atoms with Crippen LogP contribution in [0.5, 0.6) is 0 Å². The molecule has 0 radical (unpaired) electrons. The van der Waals surface area contributed by atoms with Crippen molar-refractivity contribution in [1.82, 2.24) is 0 Å². The third-order valence-corrected chi connectivity index (χ3v) is 1.67. The molecule has 8 heavy (non-hydrogen) atoms. The van der Waals surface area contributed by atoms with E-state index >= 15 is 0 Å². The van der Waals surface area contributed by atoms with Crippen molar-refractivity contribution in [3.63, 3.8) is 0 Å². The molecule has 0 aliphatic heterocycles. The van der Waals surface area contributed by atoms with Crippen LogP contribution < -0.4 is 5.73 Å². The molecule has 3 heteroatoms. The SMILES string of the molecule is C[C@@H](N)CC[S+](C)[O-]. The van der Waals surface area contributed by atoms with Crippen molar-refractivity contribution in [2.24, 2.45) is 5.73 Å². The van der Waals surface area contributed by atoms with E-state index in [9.17, 15) is 4.55 Å². The predicted octanol–water partition coefficient (Wildman–Crippen LogP) is 0.102.